The van der Waals surface area contributed by atoms with Gasteiger partial charge in [0, 0.05) is 30.0 Å². The van der Waals surface area contributed by atoms with Crippen LogP contribution < -0.4 is 10.6 Å². The summed E-state index contributed by atoms with van der Waals surface area (Å²) in [5.41, 5.74) is 7.68. The number of hydrogen-bond donors (Lipinski definition) is 1. The van der Waals surface area contributed by atoms with Crippen LogP contribution in [0.4, 0.5) is 11.4 Å². The first kappa shape index (κ1) is 13.1. The number of benzene rings is 2. The Balaban J connectivity index is 2.08. The second kappa shape index (κ2) is 5.25. The number of nitrogens with two attached hydrogens (primary N) is 1. The van der Waals surface area contributed by atoms with Gasteiger partial charge >= 0.3 is 0 Å². The van der Waals surface area contributed by atoms with Gasteiger partial charge in [-0.05, 0) is 35.7 Å². The SMILES string of the molecule is CN(C(=O)c1nccc2ccc(N)cc12)c1ccccc1. The van der Waals surface area contributed by atoms with Crippen molar-refractivity contribution in [2.24, 2.45) is 0 Å². The van der Waals surface area contributed by atoms with Gasteiger partial charge in [0.25, 0.3) is 5.91 Å². The molecule has 0 bridgehead atoms. The highest BCUT2D eigenvalue weighted by molar-refractivity contribution is 6.12. The summed E-state index contributed by atoms with van der Waals surface area (Å²) in [6.45, 7) is 0. The molecule has 21 heavy (non-hydrogen) atoms. The Labute approximate surface area is 122 Å². The van der Waals surface area contributed by atoms with Crippen LogP contribution in [0.1, 0.15) is 10.5 Å². The summed E-state index contributed by atoms with van der Waals surface area (Å²) in [7, 11) is 1.74. The van der Waals surface area contributed by atoms with Gasteiger partial charge in [-0.3, -0.25) is 9.78 Å². The number of anilines is 2. The number of carbonyl (C=O) groups excluding carboxylic acids is 1. The molecule has 2 aromatic carbocycles. The monoisotopic (exact) mass is 277 g/mol. The van der Waals surface area contributed by atoms with E-state index in [4.69, 9.17) is 5.73 Å². The molecule has 0 saturated heterocycles. The summed E-state index contributed by atoms with van der Waals surface area (Å²) in [4.78, 5) is 18.5. The Hall–Kier alpha value is -2.88. The number of rotatable bonds is 2. The maximum Gasteiger partial charge on any atom is 0.277 e. The maximum atomic E-state index is 12.7. The number of hydrogen-bond acceptors (Lipinski definition) is 3. The average Bonchev–Trinajstić information content (AvgIpc) is 2.53. The van der Waals surface area contributed by atoms with Crippen molar-refractivity contribution in [3.63, 3.8) is 0 Å². The van der Waals surface area contributed by atoms with Gasteiger partial charge in [-0.1, -0.05) is 24.3 Å². The third-order valence-corrected chi connectivity index (χ3v) is 3.44. The lowest BCUT2D eigenvalue weighted by atomic mass is 10.1. The lowest BCUT2D eigenvalue weighted by Gasteiger charge is -2.17. The second-order valence-corrected chi connectivity index (χ2v) is 4.84. The van der Waals surface area contributed by atoms with Gasteiger partial charge in [-0.15, -0.1) is 0 Å². The van der Waals surface area contributed by atoms with Gasteiger partial charge in [-0.2, -0.15) is 0 Å². The van der Waals surface area contributed by atoms with Crippen molar-refractivity contribution in [2.75, 3.05) is 17.7 Å². The van der Waals surface area contributed by atoms with Gasteiger partial charge in [0.05, 0.1) is 0 Å². The molecule has 4 nitrogen and oxygen atoms in total. The van der Waals surface area contributed by atoms with E-state index in [1.165, 1.54) is 0 Å². The Kier molecular flexibility index (Phi) is 3.28. The van der Waals surface area contributed by atoms with Crippen LogP contribution in [0.3, 0.4) is 0 Å². The minimum atomic E-state index is -0.155. The van der Waals surface area contributed by atoms with E-state index in [1.54, 1.807) is 24.2 Å². The Morgan fingerprint density at radius 3 is 2.62 bits per heavy atom. The predicted molar refractivity (Wildman–Crippen MR) is 85.3 cm³/mol. The highest BCUT2D eigenvalue weighted by atomic mass is 16.2. The summed E-state index contributed by atoms with van der Waals surface area (Å²) >= 11 is 0. The molecule has 0 fully saturated rings. The molecule has 1 heterocycles. The molecule has 0 radical (unpaired) electrons. The third kappa shape index (κ3) is 2.43. The molecule has 0 aliphatic carbocycles. The molecule has 0 saturated carbocycles. The summed E-state index contributed by atoms with van der Waals surface area (Å²) in [5, 5.41) is 1.72. The third-order valence-electron chi connectivity index (χ3n) is 3.44. The number of nitrogens with zero attached hydrogens (tertiary/aromatic N) is 2. The van der Waals surface area contributed by atoms with Crippen molar-refractivity contribution < 1.29 is 4.79 Å². The molecule has 0 aliphatic heterocycles. The van der Waals surface area contributed by atoms with Crippen LogP contribution in [0.2, 0.25) is 0 Å². The highest BCUT2D eigenvalue weighted by Gasteiger charge is 2.17. The molecule has 4 heteroatoms. The van der Waals surface area contributed by atoms with Crippen molar-refractivity contribution in [1.29, 1.82) is 0 Å². The fourth-order valence-corrected chi connectivity index (χ4v) is 2.28. The Morgan fingerprint density at radius 1 is 1.10 bits per heavy atom. The van der Waals surface area contributed by atoms with E-state index >= 15 is 0 Å². The van der Waals surface area contributed by atoms with E-state index in [0.717, 1.165) is 16.5 Å². The van der Waals surface area contributed by atoms with Crippen molar-refractivity contribution in [3.8, 4) is 0 Å². The van der Waals surface area contributed by atoms with Gasteiger partial charge in [0.1, 0.15) is 5.69 Å². The molecule has 0 spiro atoms. The van der Waals surface area contributed by atoms with E-state index in [-0.39, 0.29) is 5.91 Å². The first-order valence-corrected chi connectivity index (χ1v) is 6.64. The van der Waals surface area contributed by atoms with Crippen LogP contribution in [-0.4, -0.2) is 17.9 Å². The zero-order valence-corrected chi connectivity index (χ0v) is 11.7. The second-order valence-electron chi connectivity index (χ2n) is 4.84. The Morgan fingerprint density at radius 2 is 1.86 bits per heavy atom. The Bertz CT molecular complexity index is 799. The molecular formula is C17H15N3O. The van der Waals surface area contributed by atoms with Crippen LogP contribution in [0.5, 0.6) is 0 Å². The lowest BCUT2D eigenvalue weighted by Crippen LogP contribution is -2.27. The van der Waals surface area contributed by atoms with Crippen LogP contribution in [-0.2, 0) is 0 Å². The standard InChI is InChI=1S/C17H15N3O/c1-20(14-5-3-2-4-6-14)17(21)16-15-11-13(18)8-7-12(15)9-10-19-16/h2-11H,18H2,1H3. The largest absolute Gasteiger partial charge is 0.399 e. The number of nitrogen functional groups attached to an aromatic ring is 1. The van der Waals surface area contributed by atoms with E-state index in [9.17, 15) is 4.79 Å². The quantitative estimate of drug-likeness (QED) is 0.732. The molecule has 2 N–H and O–H groups in total. The fraction of sp³-hybridized carbons (Fsp3) is 0.0588. The summed E-state index contributed by atoms with van der Waals surface area (Å²) in [5.74, 6) is -0.155. The van der Waals surface area contributed by atoms with Crippen LogP contribution in [0.15, 0.2) is 60.8 Å². The van der Waals surface area contributed by atoms with Crippen LogP contribution >= 0.6 is 0 Å². The molecule has 1 aromatic heterocycles. The van der Waals surface area contributed by atoms with E-state index in [2.05, 4.69) is 4.98 Å². The van der Waals surface area contributed by atoms with Crippen LogP contribution in [0, 0.1) is 0 Å². The number of carbonyl (C=O) groups is 1. The van der Waals surface area contributed by atoms with Gasteiger partial charge in [0.15, 0.2) is 0 Å². The normalized spacial score (nSPS) is 10.5. The number of fused-ring (bicyclic) bond motifs is 1. The number of amides is 1. The van der Waals surface area contributed by atoms with Crippen LogP contribution in [0.25, 0.3) is 10.8 Å². The smallest absolute Gasteiger partial charge is 0.277 e. The van der Waals surface area contributed by atoms with Crippen molar-refractivity contribution in [2.45, 2.75) is 0 Å². The zero-order valence-electron chi connectivity index (χ0n) is 11.7. The zero-order chi connectivity index (χ0) is 14.8. The molecule has 0 atom stereocenters. The van der Waals surface area contributed by atoms with Gasteiger partial charge in [0.2, 0.25) is 0 Å². The van der Waals surface area contributed by atoms with Gasteiger partial charge < -0.3 is 10.6 Å². The predicted octanol–water partition coefficient (Wildman–Crippen LogP) is 3.09. The molecule has 1 amide bonds. The minimum Gasteiger partial charge on any atom is -0.399 e. The molecule has 0 unspecified atom stereocenters. The summed E-state index contributed by atoms with van der Waals surface area (Å²) in [6, 6.07) is 16.8. The van der Waals surface area contributed by atoms with Crippen molar-refractivity contribution in [1.82, 2.24) is 4.98 Å². The van der Waals surface area contributed by atoms with Crippen molar-refractivity contribution in [3.05, 3.63) is 66.5 Å². The number of pyridine rings is 1. The molecule has 104 valence electrons. The number of aromatic nitrogens is 1. The highest BCUT2D eigenvalue weighted by Crippen LogP contribution is 2.22. The average molecular weight is 277 g/mol. The van der Waals surface area contributed by atoms with Crippen molar-refractivity contribution >= 4 is 28.1 Å². The van der Waals surface area contributed by atoms with E-state index in [1.807, 2.05) is 48.5 Å². The van der Waals surface area contributed by atoms with E-state index < -0.39 is 0 Å². The minimum absolute atomic E-state index is 0.155. The van der Waals surface area contributed by atoms with E-state index in [0.29, 0.717) is 11.4 Å². The molecule has 3 rings (SSSR count). The summed E-state index contributed by atoms with van der Waals surface area (Å²) < 4.78 is 0. The lowest BCUT2D eigenvalue weighted by molar-refractivity contribution is 0.0990. The topological polar surface area (TPSA) is 59.2 Å². The fourth-order valence-electron chi connectivity index (χ4n) is 2.28. The molecule has 3 aromatic rings. The van der Waals surface area contributed by atoms with Gasteiger partial charge in [-0.25, -0.2) is 0 Å². The first-order chi connectivity index (χ1) is 10.2. The first-order valence-electron chi connectivity index (χ1n) is 6.64. The maximum absolute atomic E-state index is 12.7. The molecule has 0 aliphatic rings. The number of para-hydroxylation sites is 1. The molecular weight excluding hydrogens is 262 g/mol. The summed E-state index contributed by atoms with van der Waals surface area (Å²) in [6.07, 6.45) is 1.64.